The number of nitrogens with zero attached hydrogens (tertiary/aromatic N) is 2. The first kappa shape index (κ1) is 13.9. The van der Waals surface area contributed by atoms with Crippen LogP contribution in [0, 0.1) is 0 Å². The molecule has 0 spiro atoms. The van der Waals surface area contributed by atoms with Gasteiger partial charge in [0.1, 0.15) is 0 Å². The molecule has 1 aliphatic rings. The van der Waals surface area contributed by atoms with E-state index in [0.29, 0.717) is 5.84 Å². The third-order valence-electron chi connectivity index (χ3n) is 3.23. The van der Waals surface area contributed by atoms with E-state index in [2.05, 4.69) is 28.6 Å². The molecule has 1 aliphatic heterocycles. The summed E-state index contributed by atoms with van der Waals surface area (Å²) in [5, 5.41) is 1.92. The van der Waals surface area contributed by atoms with Gasteiger partial charge in [-0.2, -0.15) is 0 Å². The molecular weight excluding hydrogens is 272 g/mol. The zero-order valence-electron chi connectivity index (χ0n) is 12.4. The Morgan fingerprint density at radius 1 is 1.18 bits per heavy atom. The molecule has 0 bridgehead atoms. The van der Waals surface area contributed by atoms with Gasteiger partial charge in [-0.3, -0.25) is 10.4 Å². The second kappa shape index (κ2) is 6.18. The first-order valence-corrected chi connectivity index (χ1v) is 7.12. The largest absolute Gasteiger partial charge is 0.387 e. The van der Waals surface area contributed by atoms with Crippen molar-refractivity contribution in [1.29, 1.82) is 0 Å². The van der Waals surface area contributed by atoms with Crippen LogP contribution >= 0.6 is 0 Å². The summed E-state index contributed by atoms with van der Waals surface area (Å²) in [6.45, 7) is 1.78. The highest BCUT2D eigenvalue weighted by Gasteiger charge is 2.08. The van der Waals surface area contributed by atoms with Gasteiger partial charge in [-0.25, -0.2) is 4.99 Å². The molecule has 0 amide bonds. The number of hydrazine groups is 1. The zero-order chi connectivity index (χ0) is 15.4. The normalized spacial score (nSPS) is 14.0. The number of nitrogens with two attached hydrogens (primary N) is 1. The van der Waals surface area contributed by atoms with Crippen LogP contribution in [0.25, 0.3) is 12.2 Å². The van der Waals surface area contributed by atoms with E-state index in [-0.39, 0.29) is 0 Å². The Morgan fingerprint density at radius 3 is 2.77 bits per heavy atom. The fraction of sp³-hybridized carbons (Fsp3) is 0.0556. The molecule has 4 heteroatoms. The standard InChI is InChI=1S/C18H18N4/c1-14(19)20-17-7-8-18-16(13-17)10-12-22(21-18)11-9-15-5-3-2-4-6-15/h2-13,21H,1H3,(H2,19,20)/b11-9+. The van der Waals surface area contributed by atoms with Crippen LogP contribution in [0.1, 0.15) is 18.1 Å². The molecule has 2 aromatic carbocycles. The summed E-state index contributed by atoms with van der Waals surface area (Å²) in [7, 11) is 0. The summed E-state index contributed by atoms with van der Waals surface area (Å²) in [6, 6.07) is 16.1. The molecular formula is C18H18N4. The smallest absolute Gasteiger partial charge is 0.0964 e. The van der Waals surface area contributed by atoms with Gasteiger partial charge in [-0.1, -0.05) is 30.3 Å². The Labute approximate surface area is 130 Å². The molecule has 0 radical (unpaired) electrons. The van der Waals surface area contributed by atoms with Crippen LogP contribution in [0.3, 0.4) is 0 Å². The Bertz CT molecular complexity index is 741. The minimum Gasteiger partial charge on any atom is -0.387 e. The number of nitrogens with one attached hydrogen (secondary N) is 1. The van der Waals surface area contributed by atoms with E-state index in [1.54, 1.807) is 6.92 Å². The lowest BCUT2D eigenvalue weighted by atomic mass is 10.1. The molecule has 3 N–H and O–H groups in total. The van der Waals surface area contributed by atoms with Gasteiger partial charge in [0.15, 0.2) is 0 Å². The lowest BCUT2D eigenvalue weighted by Crippen LogP contribution is -2.20. The van der Waals surface area contributed by atoms with Gasteiger partial charge in [0.25, 0.3) is 0 Å². The van der Waals surface area contributed by atoms with Crippen LogP contribution in [0.15, 0.2) is 65.9 Å². The maximum Gasteiger partial charge on any atom is 0.0964 e. The van der Waals surface area contributed by atoms with Crippen molar-refractivity contribution in [2.45, 2.75) is 6.92 Å². The van der Waals surface area contributed by atoms with Gasteiger partial charge in [0, 0.05) is 18.0 Å². The fourth-order valence-corrected chi connectivity index (χ4v) is 2.22. The number of benzene rings is 2. The molecule has 0 aliphatic carbocycles. The van der Waals surface area contributed by atoms with Gasteiger partial charge < -0.3 is 5.73 Å². The fourth-order valence-electron chi connectivity index (χ4n) is 2.22. The second-order valence-corrected chi connectivity index (χ2v) is 5.09. The molecule has 3 rings (SSSR count). The Balaban J connectivity index is 1.76. The van der Waals surface area contributed by atoms with Crippen LogP contribution < -0.4 is 11.2 Å². The maximum atomic E-state index is 5.62. The average Bonchev–Trinajstić information content (AvgIpc) is 2.53. The van der Waals surface area contributed by atoms with E-state index < -0.39 is 0 Å². The van der Waals surface area contributed by atoms with Crippen LogP contribution in [-0.2, 0) is 0 Å². The van der Waals surface area contributed by atoms with E-state index in [1.807, 2.05) is 59.9 Å². The Kier molecular flexibility index (Phi) is 3.92. The molecule has 22 heavy (non-hydrogen) atoms. The minimum atomic E-state index is 0.556. The van der Waals surface area contributed by atoms with Crippen LogP contribution in [-0.4, -0.2) is 10.8 Å². The third kappa shape index (κ3) is 3.35. The SMILES string of the molecule is CC(N)=Nc1ccc2c(c1)C=CN(/C=C/c1ccccc1)N2. The van der Waals surface area contributed by atoms with Crippen molar-refractivity contribution in [3.63, 3.8) is 0 Å². The van der Waals surface area contributed by atoms with Crippen molar-refractivity contribution in [3.8, 4) is 0 Å². The van der Waals surface area contributed by atoms with Gasteiger partial charge in [-0.15, -0.1) is 0 Å². The Hall–Kier alpha value is -3.01. The van der Waals surface area contributed by atoms with E-state index in [0.717, 1.165) is 22.5 Å². The van der Waals surface area contributed by atoms with E-state index in [4.69, 9.17) is 5.73 Å². The number of aliphatic imine (C=N–C) groups is 1. The van der Waals surface area contributed by atoms with Gasteiger partial charge in [0.05, 0.1) is 17.2 Å². The summed E-state index contributed by atoms with van der Waals surface area (Å²) < 4.78 is 0. The summed E-state index contributed by atoms with van der Waals surface area (Å²) in [6.07, 6.45) is 8.07. The number of amidine groups is 1. The molecule has 2 aromatic rings. The van der Waals surface area contributed by atoms with Crippen LogP contribution in [0.2, 0.25) is 0 Å². The summed E-state index contributed by atoms with van der Waals surface area (Å²) >= 11 is 0. The number of anilines is 1. The zero-order valence-corrected chi connectivity index (χ0v) is 12.4. The van der Waals surface area contributed by atoms with Crippen molar-refractivity contribution in [1.82, 2.24) is 5.01 Å². The van der Waals surface area contributed by atoms with E-state index in [9.17, 15) is 0 Å². The monoisotopic (exact) mass is 290 g/mol. The third-order valence-corrected chi connectivity index (χ3v) is 3.23. The highest BCUT2D eigenvalue weighted by atomic mass is 15.5. The van der Waals surface area contributed by atoms with Crippen molar-refractivity contribution in [3.05, 3.63) is 72.1 Å². The van der Waals surface area contributed by atoms with Crippen molar-refractivity contribution in [2.75, 3.05) is 5.43 Å². The highest BCUT2D eigenvalue weighted by Crippen LogP contribution is 2.27. The van der Waals surface area contributed by atoms with Gasteiger partial charge >= 0.3 is 0 Å². The first-order chi connectivity index (χ1) is 10.7. The van der Waals surface area contributed by atoms with Crippen molar-refractivity contribution >= 4 is 29.4 Å². The lowest BCUT2D eigenvalue weighted by Gasteiger charge is -2.24. The summed E-state index contributed by atoms with van der Waals surface area (Å²) in [5.41, 5.74) is 13.1. The second-order valence-electron chi connectivity index (χ2n) is 5.09. The van der Waals surface area contributed by atoms with Crippen molar-refractivity contribution in [2.24, 2.45) is 10.7 Å². The average molecular weight is 290 g/mol. The number of hydrogen-bond donors (Lipinski definition) is 2. The lowest BCUT2D eigenvalue weighted by molar-refractivity contribution is 0.614. The molecule has 4 nitrogen and oxygen atoms in total. The quantitative estimate of drug-likeness (QED) is 0.664. The maximum absolute atomic E-state index is 5.62. The highest BCUT2D eigenvalue weighted by molar-refractivity contribution is 5.82. The van der Waals surface area contributed by atoms with Crippen LogP contribution in [0.5, 0.6) is 0 Å². The van der Waals surface area contributed by atoms with Crippen LogP contribution in [0.4, 0.5) is 11.4 Å². The molecule has 0 aromatic heterocycles. The molecule has 0 atom stereocenters. The van der Waals surface area contributed by atoms with Gasteiger partial charge in [-0.05, 0) is 42.8 Å². The number of fused-ring (bicyclic) bond motifs is 1. The Morgan fingerprint density at radius 2 is 2.00 bits per heavy atom. The molecule has 0 fully saturated rings. The molecule has 0 saturated carbocycles. The minimum absolute atomic E-state index is 0.556. The van der Waals surface area contributed by atoms with Crippen molar-refractivity contribution < 1.29 is 0 Å². The molecule has 0 unspecified atom stereocenters. The topological polar surface area (TPSA) is 53.6 Å². The first-order valence-electron chi connectivity index (χ1n) is 7.12. The van der Waals surface area contributed by atoms with Gasteiger partial charge in [0.2, 0.25) is 0 Å². The predicted molar refractivity (Wildman–Crippen MR) is 93.4 cm³/mol. The molecule has 110 valence electrons. The van der Waals surface area contributed by atoms with E-state index in [1.165, 1.54) is 0 Å². The summed E-state index contributed by atoms with van der Waals surface area (Å²) in [5.74, 6) is 0.556. The summed E-state index contributed by atoms with van der Waals surface area (Å²) in [4.78, 5) is 4.27. The number of rotatable bonds is 3. The number of hydrogen-bond acceptors (Lipinski definition) is 3. The molecule has 1 heterocycles. The molecule has 0 saturated heterocycles. The predicted octanol–water partition coefficient (Wildman–Crippen LogP) is 3.98. The van der Waals surface area contributed by atoms with E-state index >= 15 is 0 Å².